The van der Waals surface area contributed by atoms with Gasteiger partial charge in [-0.15, -0.1) is 10.2 Å². The Morgan fingerprint density at radius 3 is 2.77 bits per heavy atom. The number of nitrogens with zero attached hydrogens (tertiary/aromatic N) is 2. The lowest BCUT2D eigenvalue weighted by molar-refractivity contribution is -0.115. The lowest BCUT2D eigenvalue weighted by atomic mass is 10.3. The van der Waals surface area contributed by atoms with Crippen LogP contribution < -0.4 is 10.1 Å². The normalized spacial score (nSPS) is 12.0. The van der Waals surface area contributed by atoms with Gasteiger partial charge in [0.05, 0.1) is 18.0 Å². The zero-order valence-electron chi connectivity index (χ0n) is 12.1. The fourth-order valence-corrected chi connectivity index (χ4v) is 4.30. The van der Waals surface area contributed by atoms with Crippen LogP contribution in [0, 0.1) is 0 Å². The summed E-state index contributed by atoms with van der Waals surface area (Å²) in [5.74, 6) is 0.419. The number of thioether (sulfide) groups is 2. The molecule has 9 heteroatoms. The van der Waals surface area contributed by atoms with Crippen molar-refractivity contribution in [2.24, 2.45) is 0 Å². The number of halogens is 1. The minimum absolute atomic E-state index is 0.147. The monoisotopic (exact) mass is 375 g/mol. The Balaban J connectivity index is 2.03. The van der Waals surface area contributed by atoms with E-state index in [-0.39, 0.29) is 11.2 Å². The highest BCUT2D eigenvalue weighted by Gasteiger charge is 2.18. The van der Waals surface area contributed by atoms with Crippen LogP contribution in [0.1, 0.15) is 6.92 Å². The summed E-state index contributed by atoms with van der Waals surface area (Å²) in [6.45, 7) is 1.82. The molecule has 0 radical (unpaired) electrons. The molecule has 5 nitrogen and oxygen atoms in total. The van der Waals surface area contributed by atoms with Gasteiger partial charge in [-0.2, -0.15) is 0 Å². The zero-order chi connectivity index (χ0) is 16.1. The van der Waals surface area contributed by atoms with Gasteiger partial charge in [0.25, 0.3) is 0 Å². The number of hydrogen-bond donors (Lipinski definition) is 1. The van der Waals surface area contributed by atoms with E-state index in [1.54, 1.807) is 25.3 Å². The molecule has 0 spiro atoms. The average molecular weight is 376 g/mol. The number of hydrogen-bond acceptors (Lipinski definition) is 7. The van der Waals surface area contributed by atoms with Gasteiger partial charge in [-0.3, -0.25) is 4.79 Å². The molecular formula is C13H14ClN3O2S3. The average Bonchev–Trinajstić information content (AvgIpc) is 2.95. The molecule has 0 unspecified atom stereocenters. The van der Waals surface area contributed by atoms with Gasteiger partial charge in [-0.05, 0) is 31.4 Å². The van der Waals surface area contributed by atoms with Crippen LogP contribution in [0.25, 0.3) is 0 Å². The van der Waals surface area contributed by atoms with Crippen molar-refractivity contribution in [2.75, 3.05) is 18.7 Å². The number of carbonyl (C=O) groups excluding carboxylic acids is 1. The van der Waals surface area contributed by atoms with E-state index in [0.29, 0.717) is 16.5 Å². The van der Waals surface area contributed by atoms with Gasteiger partial charge in [-0.1, -0.05) is 46.5 Å². The molecule has 22 heavy (non-hydrogen) atoms. The quantitative estimate of drug-likeness (QED) is 0.768. The van der Waals surface area contributed by atoms with Gasteiger partial charge < -0.3 is 10.1 Å². The number of anilines is 1. The summed E-state index contributed by atoms with van der Waals surface area (Å²) < 4.78 is 6.86. The van der Waals surface area contributed by atoms with E-state index in [0.717, 1.165) is 8.68 Å². The molecule has 0 bridgehead atoms. The van der Waals surface area contributed by atoms with E-state index in [4.69, 9.17) is 16.3 Å². The molecule has 0 fully saturated rings. The zero-order valence-corrected chi connectivity index (χ0v) is 15.3. The summed E-state index contributed by atoms with van der Waals surface area (Å²) in [6, 6.07) is 5.08. The second-order valence-corrected chi connectivity index (χ2v) is 8.19. The second kappa shape index (κ2) is 8.05. The highest BCUT2D eigenvalue weighted by Crippen LogP contribution is 2.32. The Morgan fingerprint density at radius 1 is 1.41 bits per heavy atom. The summed E-state index contributed by atoms with van der Waals surface area (Å²) in [4.78, 5) is 12.3. The largest absolute Gasteiger partial charge is 0.495 e. The summed E-state index contributed by atoms with van der Waals surface area (Å²) in [6.07, 6.45) is 1.94. The highest BCUT2D eigenvalue weighted by molar-refractivity contribution is 8.03. The second-order valence-electron chi connectivity index (χ2n) is 4.13. The van der Waals surface area contributed by atoms with E-state index < -0.39 is 0 Å². The third-order valence-electron chi connectivity index (χ3n) is 2.63. The minimum Gasteiger partial charge on any atom is -0.495 e. The van der Waals surface area contributed by atoms with E-state index in [9.17, 15) is 4.79 Å². The lowest BCUT2D eigenvalue weighted by Gasteiger charge is -2.13. The molecule has 0 aliphatic heterocycles. The van der Waals surface area contributed by atoms with Crippen molar-refractivity contribution < 1.29 is 9.53 Å². The Bertz CT molecular complexity index is 666. The van der Waals surface area contributed by atoms with Crippen LogP contribution in [-0.4, -0.2) is 34.7 Å². The van der Waals surface area contributed by atoms with Crippen LogP contribution in [0.15, 0.2) is 26.9 Å². The molecule has 1 N–H and O–H groups in total. The number of methoxy groups -OCH3 is 1. The van der Waals surface area contributed by atoms with Crippen LogP contribution >= 0.6 is 46.5 Å². The standard InChI is InChI=1S/C13H14ClN3O2S3/c1-7(21-13-17-16-12(20-3)22-13)11(18)15-9-6-8(14)4-5-10(9)19-2/h4-7H,1-3H3,(H,15,18)/t7-/m1/s1. The van der Waals surface area contributed by atoms with Gasteiger partial charge in [-0.25, -0.2) is 0 Å². The maximum Gasteiger partial charge on any atom is 0.237 e. The van der Waals surface area contributed by atoms with Crippen molar-refractivity contribution in [2.45, 2.75) is 20.9 Å². The van der Waals surface area contributed by atoms with Crippen LogP contribution in [-0.2, 0) is 4.79 Å². The number of aromatic nitrogens is 2. The maximum absolute atomic E-state index is 12.3. The molecule has 2 rings (SSSR count). The maximum atomic E-state index is 12.3. The molecule has 0 aliphatic rings. The van der Waals surface area contributed by atoms with Crippen LogP contribution in [0.5, 0.6) is 5.75 Å². The van der Waals surface area contributed by atoms with Gasteiger partial charge in [0.1, 0.15) is 5.75 Å². The van der Waals surface area contributed by atoms with Crippen molar-refractivity contribution in [3.63, 3.8) is 0 Å². The molecule has 0 saturated carbocycles. The molecule has 1 amide bonds. The van der Waals surface area contributed by atoms with E-state index >= 15 is 0 Å². The summed E-state index contributed by atoms with van der Waals surface area (Å²) in [5.41, 5.74) is 0.550. The Hall–Kier alpha value is -0.960. The lowest BCUT2D eigenvalue weighted by Crippen LogP contribution is -2.22. The van der Waals surface area contributed by atoms with E-state index in [1.165, 1.54) is 34.9 Å². The summed E-state index contributed by atoms with van der Waals surface area (Å²) in [5, 5.41) is 11.1. The molecule has 2 aromatic rings. The molecule has 1 heterocycles. The fourth-order valence-electron chi connectivity index (χ4n) is 1.54. The van der Waals surface area contributed by atoms with Gasteiger partial charge in [0.15, 0.2) is 8.68 Å². The van der Waals surface area contributed by atoms with Crippen LogP contribution in [0.2, 0.25) is 5.02 Å². The Labute approximate surface area is 146 Å². The van der Waals surface area contributed by atoms with E-state index in [1.807, 2.05) is 13.2 Å². The third kappa shape index (κ3) is 4.52. The number of rotatable bonds is 6. The number of amides is 1. The summed E-state index contributed by atoms with van der Waals surface area (Å²) >= 11 is 10.3. The van der Waals surface area contributed by atoms with Crippen LogP contribution in [0.4, 0.5) is 5.69 Å². The van der Waals surface area contributed by atoms with E-state index in [2.05, 4.69) is 15.5 Å². The topological polar surface area (TPSA) is 64.1 Å². The molecule has 1 aromatic heterocycles. The molecule has 1 atom stereocenters. The van der Waals surface area contributed by atoms with Crippen molar-refractivity contribution in [3.05, 3.63) is 23.2 Å². The van der Waals surface area contributed by atoms with Gasteiger partial charge in [0.2, 0.25) is 5.91 Å². The van der Waals surface area contributed by atoms with Crippen molar-refractivity contribution >= 4 is 58.1 Å². The molecule has 1 aromatic carbocycles. The first-order chi connectivity index (χ1) is 10.5. The first kappa shape index (κ1) is 17.4. The van der Waals surface area contributed by atoms with Gasteiger partial charge >= 0.3 is 0 Å². The SMILES string of the molecule is COc1ccc(Cl)cc1NC(=O)[C@@H](C)Sc1nnc(SC)s1. The first-order valence-corrected chi connectivity index (χ1v) is 9.52. The van der Waals surface area contributed by atoms with Crippen molar-refractivity contribution in [1.82, 2.24) is 10.2 Å². The number of carbonyl (C=O) groups is 1. The number of benzene rings is 1. The summed E-state index contributed by atoms with van der Waals surface area (Å²) in [7, 11) is 1.54. The predicted molar refractivity (Wildman–Crippen MR) is 93.6 cm³/mol. The minimum atomic E-state index is -0.314. The third-order valence-corrected chi connectivity index (χ3v) is 5.95. The van der Waals surface area contributed by atoms with Crippen molar-refractivity contribution in [3.8, 4) is 5.75 Å². The smallest absolute Gasteiger partial charge is 0.237 e. The molecule has 118 valence electrons. The number of nitrogens with one attached hydrogen (secondary N) is 1. The van der Waals surface area contributed by atoms with Gasteiger partial charge in [0, 0.05) is 5.02 Å². The van der Waals surface area contributed by atoms with Crippen molar-refractivity contribution in [1.29, 1.82) is 0 Å². The number of ether oxygens (including phenoxy) is 1. The molecule has 0 saturated heterocycles. The predicted octanol–water partition coefficient (Wildman–Crippen LogP) is 4.04. The fraction of sp³-hybridized carbons (Fsp3) is 0.308. The van der Waals surface area contributed by atoms with Crippen LogP contribution in [0.3, 0.4) is 0 Å². The molecular weight excluding hydrogens is 362 g/mol. The molecule has 0 aliphatic carbocycles. The highest BCUT2D eigenvalue weighted by atomic mass is 35.5. The Kier molecular flexibility index (Phi) is 6.37. The Morgan fingerprint density at radius 2 is 2.14 bits per heavy atom. The first-order valence-electron chi connectivity index (χ1n) is 6.22.